The van der Waals surface area contributed by atoms with Gasteiger partial charge in [0.15, 0.2) is 0 Å². The molecule has 114 valence electrons. The monoisotopic (exact) mass is 291 g/mol. The van der Waals surface area contributed by atoms with Crippen LogP contribution in [0.3, 0.4) is 0 Å². The van der Waals surface area contributed by atoms with Crippen molar-refractivity contribution < 1.29 is 9.59 Å². The van der Waals surface area contributed by atoms with E-state index in [-0.39, 0.29) is 24.9 Å². The highest BCUT2D eigenvalue weighted by atomic mass is 16.2. The molecule has 1 aliphatic rings. The van der Waals surface area contributed by atoms with Crippen LogP contribution in [0, 0.1) is 0 Å². The first-order chi connectivity index (χ1) is 10.1. The number of nitrogens with zero attached hydrogens (tertiary/aromatic N) is 4. The second-order valence-corrected chi connectivity index (χ2v) is 4.98. The van der Waals surface area contributed by atoms with E-state index in [9.17, 15) is 9.59 Å². The smallest absolute Gasteiger partial charge is 0.243 e. The van der Waals surface area contributed by atoms with Gasteiger partial charge in [-0.2, -0.15) is 0 Å². The normalized spacial score (nSPS) is 15.5. The van der Waals surface area contributed by atoms with E-state index >= 15 is 0 Å². The van der Waals surface area contributed by atoms with Crippen LogP contribution in [-0.4, -0.2) is 57.8 Å². The first-order valence-corrected chi connectivity index (χ1v) is 7.24. The van der Waals surface area contributed by atoms with Crippen LogP contribution in [0.2, 0.25) is 0 Å². The van der Waals surface area contributed by atoms with Crippen molar-refractivity contribution in [3.63, 3.8) is 0 Å². The van der Waals surface area contributed by atoms with E-state index in [0.29, 0.717) is 18.8 Å². The highest BCUT2D eigenvalue weighted by Crippen LogP contribution is 2.09. The summed E-state index contributed by atoms with van der Waals surface area (Å²) in [5.74, 6) is 0.650. The van der Waals surface area contributed by atoms with E-state index in [1.54, 1.807) is 17.3 Å². The number of rotatable bonds is 6. The Morgan fingerprint density at radius 3 is 2.43 bits per heavy atom. The molecule has 2 heterocycles. The number of hydrogen-bond acceptors (Lipinski definition) is 5. The van der Waals surface area contributed by atoms with Crippen molar-refractivity contribution in [2.24, 2.45) is 0 Å². The Labute approximate surface area is 124 Å². The van der Waals surface area contributed by atoms with E-state index in [2.05, 4.69) is 22.2 Å². The van der Waals surface area contributed by atoms with Crippen LogP contribution in [0.1, 0.15) is 26.0 Å². The van der Waals surface area contributed by atoms with Gasteiger partial charge in [0.1, 0.15) is 12.4 Å². The van der Waals surface area contributed by atoms with Crippen molar-refractivity contribution in [2.45, 2.75) is 26.8 Å². The second-order valence-electron chi connectivity index (χ2n) is 4.98. The standard InChI is InChI=1S/C14H21N5O2/c1-3-5-15-12-7-16-11(6-17-12)8-19-10-13(20)18(4-2)9-14(19)21/h6-7H,3-5,8-10H2,1-2H3,(H,15,17). The Bertz CT molecular complexity index is 503. The predicted molar refractivity (Wildman–Crippen MR) is 78.5 cm³/mol. The lowest BCUT2D eigenvalue weighted by Gasteiger charge is -2.32. The Hall–Kier alpha value is -2.18. The number of anilines is 1. The lowest BCUT2D eigenvalue weighted by molar-refractivity contribution is -0.150. The zero-order valence-electron chi connectivity index (χ0n) is 12.5. The molecule has 0 aromatic carbocycles. The lowest BCUT2D eigenvalue weighted by atomic mass is 10.2. The van der Waals surface area contributed by atoms with Crippen molar-refractivity contribution in [2.75, 3.05) is 31.5 Å². The molecule has 1 aromatic heterocycles. The van der Waals surface area contributed by atoms with E-state index in [4.69, 9.17) is 0 Å². The molecule has 2 rings (SSSR count). The molecule has 0 bridgehead atoms. The Kier molecular flexibility index (Phi) is 5.08. The van der Waals surface area contributed by atoms with Gasteiger partial charge in [0, 0.05) is 13.1 Å². The van der Waals surface area contributed by atoms with Crippen molar-refractivity contribution in [3.05, 3.63) is 18.1 Å². The van der Waals surface area contributed by atoms with Gasteiger partial charge in [-0.25, -0.2) is 4.98 Å². The third-order valence-corrected chi connectivity index (χ3v) is 3.35. The number of aromatic nitrogens is 2. The molecule has 7 nitrogen and oxygen atoms in total. The number of hydrogen-bond donors (Lipinski definition) is 1. The molecule has 1 N–H and O–H groups in total. The predicted octanol–water partition coefficient (Wildman–Crippen LogP) is 0.489. The molecule has 1 saturated heterocycles. The maximum absolute atomic E-state index is 12.0. The minimum absolute atomic E-state index is 0.0220. The van der Waals surface area contributed by atoms with Gasteiger partial charge < -0.3 is 15.1 Å². The Balaban J connectivity index is 1.95. The van der Waals surface area contributed by atoms with Gasteiger partial charge in [0.05, 0.1) is 31.2 Å². The summed E-state index contributed by atoms with van der Waals surface area (Å²) in [6, 6.07) is 0. The van der Waals surface area contributed by atoms with Crippen LogP contribution in [0.25, 0.3) is 0 Å². The van der Waals surface area contributed by atoms with Gasteiger partial charge in [-0.1, -0.05) is 6.92 Å². The maximum Gasteiger partial charge on any atom is 0.243 e. The lowest BCUT2D eigenvalue weighted by Crippen LogP contribution is -2.53. The summed E-state index contributed by atoms with van der Waals surface area (Å²) in [6.45, 7) is 5.95. The first-order valence-electron chi connectivity index (χ1n) is 7.24. The average molecular weight is 291 g/mol. The number of piperazine rings is 1. The van der Waals surface area contributed by atoms with Crippen LogP contribution < -0.4 is 5.32 Å². The van der Waals surface area contributed by atoms with Crippen LogP contribution >= 0.6 is 0 Å². The number of likely N-dealkylation sites (N-methyl/N-ethyl adjacent to an activating group) is 1. The fourth-order valence-electron chi connectivity index (χ4n) is 2.11. The highest BCUT2D eigenvalue weighted by Gasteiger charge is 2.28. The zero-order valence-corrected chi connectivity index (χ0v) is 12.5. The minimum atomic E-state index is -0.0496. The van der Waals surface area contributed by atoms with Crippen molar-refractivity contribution in [1.29, 1.82) is 0 Å². The summed E-state index contributed by atoms with van der Waals surface area (Å²) < 4.78 is 0. The molecule has 7 heteroatoms. The molecule has 0 aliphatic carbocycles. The molecule has 0 spiro atoms. The molecule has 21 heavy (non-hydrogen) atoms. The SMILES string of the molecule is CCCNc1cnc(CN2CC(=O)N(CC)CC2=O)cn1. The Morgan fingerprint density at radius 1 is 1.10 bits per heavy atom. The topological polar surface area (TPSA) is 78.4 Å². The van der Waals surface area contributed by atoms with E-state index in [0.717, 1.165) is 18.8 Å². The van der Waals surface area contributed by atoms with Gasteiger partial charge >= 0.3 is 0 Å². The molecule has 1 aliphatic heterocycles. The summed E-state index contributed by atoms with van der Waals surface area (Å²) in [4.78, 5) is 35.4. The quantitative estimate of drug-likeness (QED) is 0.825. The third-order valence-electron chi connectivity index (χ3n) is 3.35. The molecule has 2 amide bonds. The highest BCUT2D eigenvalue weighted by molar-refractivity contribution is 5.92. The number of carbonyl (C=O) groups excluding carboxylic acids is 2. The van der Waals surface area contributed by atoms with Gasteiger partial charge in [0.2, 0.25) is 11.8 Å². The molecule has 0 saturated carbocycles. The molecular formula is C14H21N5O2. The minimum Gasteiger partial charge on any atom is -0.369 e. The van der Waals surface area contributed by atoms with Gasteiger partial charge in [0.25, 0.3) is 0 Å². The zero-order chi connectivity index (χ0) is 15.2. The molecular weight excluding hydrogens is 270 g/mol. The van der Waals surface area contributed by atoms with Crippen LogP contribution in [0.4, 0.5) is 5.82 Å². The fraction of sp³-hybridized carbons (Fsp3) is 0.571. The molecule has 1 fully saturated rings. The molecule has 1 aromatic rings. The van der Waals surface area contributed by atoms with Crippen LogP contribution in [-0.2, 0) is 16.1 Å². The summed E-state index contributed by atoms with van der Waals surface area (Å²) in [6.07, 6.45) is 4.31. The molecule has 0 atom stereocenters. The van der Waals surface area contributed by atoms with Crippen molar-refractivity contribution in [1.82, 2.24) is 19.8 Å². The second kappa shape index (κ2) is 7.01. The van der Waals surface area contributed by atoms with Crippen LogP contribution in [0.5, 0.6) is 0 Å². The summed E-state index contributed by atoms with van der Waals surface area (Å²) >= 11 is 0. The van der Waals surface area contributed by atoms with Crippen molar-refractivity contribution in [3.8, 4) is 0 Å². The fourth-order valence-corrected chi connectivity index (χ4v) is 2.11. The van der Waals surface area contributed by atoms with E-state index in [1.807, 2.05) is 6.92 Å². The van der Waals surface area contributed by atoms with Gasteiger partial charge in [-0.05, 0) is 13.3 Å². The summed E-state index contributed by atoms with van der Waals surface area (Å²) in [5.41, 5.74) is 0.683. The molecule has 0 radical (unpaired) electrons. The number of carbonyl (C=O) groups is 2. The number of amides is 2. The van der Waals surface area contributed by atoms with Gasteiger partial charge in [-0.3, -0.25) is 14.6 Å². The van der Waals surface area contributed by atoms with E-state index < -0.39 is 0 Å². The number of nitrogens with one attached hydrogen (secondary N) is 1. The summed E-state index contributed by atoms with van der Waals surface area (Å²) in [7, 11) is 0. The van der Waals surface area contributed by atoms with Gasteiger partial charge in [-0.15, -0.1) is 0 Å². The molecule has 0 unspecified atom stereocenters. The third kappa shape index (κ3) is 3.90. The Morgan fingerprint density at radius 2 is 1.81 bits per heavy atom. The van der Waals surface area contributed by atoms with E-state index in [1.165, 1.54) is 4.90 Å². The van der Waals surface area contributed by atoms with Crippen molar-refractivity contribution >= 4 is 17.6 Å². The first kappa shape index (κ1) is 15.2. The largest absolute Gasteiger partial charge is 0.369 e. The average Bonchev–Trinajstić information content (AvgIpc) is 2.50. The maximum atomic E-state index is 12.0. The summed E-state index contributed by atoms with van der Waals surface area (Å²) in [5, 5.41) is 3.14. The van der Waals surface area contributed by atoms with Crippen LogP contribution in [0.15, 0.2) is 12.4 Å².